The van der Waals surface area contributed by atoms with Crippen LogP contribution in [0.2, 0.25) is 0 Å². The summed E-state index contributed by atoms with van der Waals surface area (Å²) >= 11 is 0. The van der Waals surface area contributed by atoms with Gasteiger partial charge in [-0.3, -0.25) is 9.78 Å². The first kappa shape index (κ1) is 9.20. The molecule has 0 atom stereocenters. The van der Waals surface area contributed by atoms with Crippen molar-refractivity contribution in [3.05, 3.63) is 46.6 Å². The number of para-hydroxylation sites is 1. The quantitative estimate of drug-likeness (QED) is 0.659. The fraction of sp³-hybridized carbons (Fsp3) is 0. The Bertz CT molecular complexity index is 514. The van der Waals surface area contributed by atoms with Crippen LogP contribution < -0.4 is 11.0 Å². The van der Waals surface area contributed by atoms with Crippen molar-refractivity contribution in [2.24, 2.45) is 0 Å². The summed E-state index contributed by atoms with van der Waals surface area (Å²) in [4.78, 5) is 24.4. The van der Waals surface area contributed by atoms with Crippen molar-refractivity contribution in [2.75, 3.05) is 5.32 Å². The Morgan fingerprint density at radius 2 is 2.00 bits per heavy atom. The molecule has 1 heterocycles. The van der Waals surface area contributed by atoms with Crippen molar-refractivity contribution in [2.45, 2.75) is 0 Å². The maximum absolute atomic E-state index is 11.5. The number of nitrogens with zero attached hydrogens (tertiary/aromatic N) is 1. The summed E-state index contributed by atoms with van der Waals surface area (Å²) in [6.07, 6.45) is 0. The molecular formula is C9H8N4O2. The standard InChI is InChI=1S/C9H8N4O2/c14-8(7-11-9(15)13-12-7)10-6-4-2-1-3-5-6/h1-5H,(H,10,14)(H2,11,12,13,15). The number of aromatic amines is 2. The third kappa shape index (κ3) is 2.11. The van der Waals surface area contributed by atoms with Crippen molar-refractivity contribution >= 4 is 11.6 Å². The van der Waals surface area contributed by atoms with Crippen molar-refractivity contribution in [3.8, 4) is 0 Å². The van der Waals surface area contributed by atoms with Gasteiger partial charge in [-0.1, -0.05) is 18.2 Å². The van der Waals surface area contributed by atoms with Crippen LogP contribution in [0.4, 0.5) is 5.69 Å². The lowest BCUT2D eigenvalue weighted by Gasteiger charge is -2.00. The van der Waals surface area contributed by atoms with E-state index in [0.29, 0.717) is 5.69 Å². The van der Waals surface area contributed by atoms with Crippen LogP contribution in [-0.4, -0.2) is 21.1 Å². The molecule has 6 nitrogen and oxygen atoms in total. The molecule has 6 heteroatoms. The Balaban J connectivity index is 2.14. The first-order valence-electron chi connectivity index (χ1n) is 4.27. The highest BCUT2D eigenvalue weighted by atomic mass is 16.2. The van der Waals surface area contributed by atoms with E-state index in [1.54, 1.807) is 24.3 Å². The molecule has 1 aromatic heterocycles. The predicted octanol–water partition coefficient (Wildman–Crippen LogP) is 0.350. The van der Waals surface area contributed by atoms with Crippen LogP contribution in [0.25, 0.3) is 0 Å². The number of carbonyl (C=O) groups is 1. The fourth-order valence-electron chi connectivity index (χ4n) is 1.09. The third-order valence-corrected chi connectivity index (χ3v) is 1.75. The van der Waals surface area contributed by atoms with Crippen LogP contribution in [0.1, 0.15) is 10.6 Å². The van der Waals surface area contributed by atoms with Crippen LogP contribution >= 0.6 is 0 Å². The summed E-state index contributed by atoms with van der Waals surface area (Å²) in [6, 6.07) is 8.91. The van der Waals surface area contributed by atoms with Crippen molar-refractivity contribution in [1.29, 1.82) is 0 Å². The topological polar surface area (TPSA) is 90.6 Å². The van der Waals surface area contributed by atoms with E-state index in [2.05, 4.69) is 20.5 Å². The van der Waals surface area contributed by atoms with E-state index in [1.165, 1.54) is 0 Å². The second-order valence-electron chi connectivity index (χ2n) is 2.85. The monoisotopic (exact) mass is 204 g/mol. The number of anilines is 1. The van der Waals surface area contributed by atoms with E-state index in [9.17, 15) is 9.59 Å². The highest BCUT2D eigenvalue weighted by molar-refractivity contribution is 6.01. The molecule has 0 fully saturated rings. The summed E-state index contributed by atoms with van der Waals surface area (Å²) in [7, 11) is 0. The number of carbonyl (C=O) groups excluding carboxylic acids is 1. The highest BCUT2D eigenvalue weighted by Gasteiger charge is 2.09. The fourth-order valence-corrected chi connectivity index (χ4v) is 1.09. The third-order valence-electron chi connectivity index (χ3n) is 1.75. The molecule has 2 aromatic rings. The molecule has 15 heavy (non-hydrogen) atoms. The van der Waals surface area contributed by atoms with Crippen molar-refractivity contribution in [3.63, 3.8) is 0 Å². The minimum absolute atomic E-state index is 0.0381. The van der Waals surface area contributed by atoms with Gasteiger partial charge in [0, 0.05) is 5.69 Å². The van der Waals surface area contributed by atoms with E-state index < -0.39 is 11.6 Å². The molecule has 76 valence electrons. The average Bonchev–Trinajstić information content (AvgIpc) is 2.66. The van der Waals surface area contributed by atoms with Gasteiger partial charge in [-0.05, 0) is 12.1 Å². The molecule has 0 spiro atoms. The molecule has 0 aliphatic carbocycles. The average molecular weight is 204 g/mol. The number of hydrogen-bond donors (Lipinski definition) is 3. The first-order valence-corrected chi connectivity index (χ1v) is 4.27. The van der Waals surface area contributed by atoms with Gasteiger partial charge in [-0.15, -0.1) is 5.10 Å². The molecule has 0 bridgehead atoms. The summed E-state index contributed by atoms with van der Waals surface area (Å²) < 4.78 is 0. The van der Waals surface area contributed by atoms with Crippen LogP contribution in [0.5, 0.6) is 0 Å². The van der Waals surface area contributed by atoms with E-state index in [0.717, 1.165) is 0 Å². The Morgan fingerprint density at radius 1 is 1.27 bits per heavy atom. The Labute approximate surface area is 84.3 Å². The lowest BCUT2D eigenvalue weighted by molar-refractivity contribution is 0.101. The van der Waals surface area contributed by atoms with Gasteiger partial charge in [0.2, 0.25) is 5.82 Å². The molecule has 1 amide bonds. The molecular weight excluding hydrogens is 196 g/mol. The summed E-state index contributed by atoms with van der Waals surface area (Å²) in [6.45, 7) is 0. The predicted molar refractivity (Wildman–Crippen MR) is 53.6 cm³/mol. The highest BCUT2D eigenvalue weighted by Crippen LogP contribution is 2.05. The van der Waals surface area contributed by atoms with Gasteiger partial charge in [0.15, 0.2) is 0 Å². The largest absolute Gasteiger partial charge is 0.341 e. The smallest absolute Gasteiger partial charge is 0.319 e. The number of aromatic nitrogens is 3. The van der Waals surface area contributed by atoms with E-state index >= 15 is 0 Å². The van der Waals surface area contributed by atoms with E-state index in [-0.39, 0.29) is 5.82 Å². The van der Waals surface area contributed by atoms with E-state index in [4.69, 9.17) is 0 Å². The normalized spacial score (nSPS) is 9.87. The SMILES string of the molecule is O=C(Nc1ccccc1)c1n[nH]c(=O)[nH]1. The maximum atomic E-state index is 11.5. The van der Waals surface area contributed by atoms with Gasteiger partial charge in [0.25, 0.3) is 5.91 Å². The summed E-state index contributed by atoms with van der Waals surface area (Å²) in [5.41, 5.74) is 0.138. The van der Waals surface area contributed by atoms with Crippen LogP contribution in [0.15, 0.2) is 35.1 Å². The summed E-state index contributed by atoms with van der Waals surface area (Å²) in [5.74, 6) is -0.497. The first-order chi connectivity index (χ1) is 7.25. The lowest BCUT2D eigenvalue weighted by Crippen LogP contribution is -2.14. The molecule has 0 aliphatic rings. The van der Waals surface area contributed by atoms with Gasteiger partial charge in [-0.2, -0.15) is 0 Å². The van der Waals surface area contributed by atoms with E-state index in [1.807, 2.05) is 6.07 Å². The second-order valence-corrected chi connectivity index (χ2v) is 2.85. The second kappa shape index (κ2) is 3.79. The minimum atomic E-state index is -0.506. The number of nitrogens with one attached hydrogen (secondary N) is 3. The Morgan fingerprint density at radius 3 is 2.60 bits per heavy atom. The van der Waals surface area contributed by atoms with Crippen LogP contribution in [0, 0.1) is 0 Å². The zero-order chi connectivity index (χ0) is 10.7. The molecule has 0 radical (unpaired) electrons. The van der Waals surface area contributed by atoms with Gasteiger partial charge >= 0.3 is 5.69 Å². The van der Waals surface area contributed by atoms with Crippen molar-refractivity contribution in [1.82, 2.24) is 15.2 Å². The minimum Gasteiger partial charge on any atom is -0.319 e. The number of amides is 1. The number of benzene rings is 1. The van der Waals surface area contributed by atoms with Gasteiger partial charge in [0.05, 0.1) is 0 Å². The molecule has 1 aromatic carbocycles. The molecule has 0 aliphatic heterocycles. The molecule has 3 N–H and O–H groups in total. The van der Waals surface area contributed by atoms with Crippen LogP contribution in [0.3, 0.4) is 0 Å². The molecule has 2 rings (SSSR count). The molecule has 0 saturated carbocycles. The zero-order valence-corrected chi connectivity index (χ0v) is 7.65. The lowest BCUT2D eigenvalue weighted by atomic mass is 10.3. The maximum Gasteiger partial charge on any atom is 0.341 e. The van der Waals surface area contributed by atoms with Gasteiger partial charge in [0.1, 0.15) is 0 Å². The number of hydrogen-bond acceptors (Lipinski definition) is 3. The van der Waals surface area contributed by atoms with Crippen molar-refractivity contribution < 1.29 is 4.79 Å². The Hall–Kier alpha value is -2.37. The molecule has 0 saturated heterocycles. The Kier molecular flexibility index (Phi) is 2.32. The number of H-pyrrole nitrogens is 2. The number of rotatable bonds is 2. The van der Waals surface area contributed by atoms with Gasteiger partial charge < -0.3 is 5.32 Å². The van der Waals surface area contributed by atoms with Gasteiger partial charge in [-0.25, -0.2) is 9.89 Å². The van der Waals surface area contributed by atoms with Crippen LogP contribution in [-0.2, 0) is 0 Å². The zero-order valence-electron chi connectivity index (χ0n) is 7.65. The summed E-state index contributed by atoms with van der Waals surface area (Å²) in [5, 5.41) is 8.20. The molecule has 0 unspecified atom stereocenters.